The molecule has 21 heavy (non-hydrogen) atoms. The van der Waals surface area contributed by atoms with E-state index in [1.807, 2.05) is 0 Å². The number of carbonyl (C=O) groups is 2. The van der Waals surface area contributed by atoms with Gasteiger partial charge in [0, 0.05) is 10.6 Å². The molecule has 1 aromatic rings. The van der Waals surface area contributed by atoms with Crippen LogP contribution in [0.15, 0.2) is 0 Å². The molecular weight excluding hydrogens is 310 g/mol. The van der Waals surface area contributed by atoms with Gasteiger partial charge in [0.2, 0.25) is 5.91 Å². The van der Waals surface area contributed by atoms with Gasteiger partial charge in [-0.05, 0) is 31.2 Å². The maximum atomic E-state index is 12.0. The first-order valence-electron chi connectivity index (χ1n) is 6.88. The van der Waals surface area contributed by atoms with Crippen molar-refractivity contribution in [2.24, 2.45) is 0 Å². The summed E-state index contributed by atoms with van der Waals surface area (Å²) in [6.07, 6.45) is 4.01. The van der Waals surface area contributed by atoms with Gasteiger partial charge in [0.15, 0.2) is 0 Å². The van der Waals surface area contributed by atoms with Crippen molar-refractivity contribution in [3.8, 4) is 0 Å². The number of ether oxygens (including phenoxy) is 1. The third-order valence-electron chi connectivity index (χ3n) is 3.28. The molecule has 0 fully saturated rings. The molecule has 1 aliphatic rings. The van der Waals surface area contributed by atoms with Crippen molar-refractivity contribution in [1.82, 2.24) is 0 Å². The fourth-order valence-corrected chi connectivity index (χ4v) is 4.19. The minimum atomic E-state index is -0.382. The first-order chi connectivity index (χ1) is 10.2. The molecule has 1 aromatic heterocycles. The summed E-state index contributed by atoms with van der Waals surface area (Å²) in [5.74, 6) is 0.256. The lowest BCUT2D eigenvalue weighted by molar-refractivity contribution is -0.113. The molecule has 0 bridgehead atoms. The number of carbonyl (C=O) groups excluding carboxylic acids is 2. The fraction of sp³-hybridized carbons (Fsp3) is 0.571. The molecule has 0 aromatic carbocycles. The van der Waals surface area contributed by atoms with Crippen LogP contribution in [0, 0.1) is 0 Å². The molecule has 0 saturated carbocycles. The zero-order valence-corrected chi connectivity index (χ0v) is 13.6. The predicted octanol–water partition coefficient (Wildman–Crippen LogP) is 2.08. The molecule has 0 atom stereocenters. The Morgan fingerprint density at radius 2 is 2.14 bits per heavy atom. The van der Waals surface area contributed by atoms with Gasteiger partial charge < -0.3 is 15.2 Å². The monoisotopic (exact) mass is 329 g/mol. The van der Waals surface area contributed by atoms with E-state index >= 15 is 0 Å². The number of aliphatic hydroxyl groups excluding tert-OH is 1. The van der Waals surface area contributed by atoms with Gasteiger partial charge in [-0.3, -0.25) is 4.79 Å². The van der Waals surface area contributed by atoms with Gasteiger partial charge in [0.05, 0.1) is 25.0 Å². The van der Waals surface area contributed by atoms with Gasteiger partial charge in [-0.25, -0.2) is 4.79 Å². The Bertz CT molecular complexity index is 527. The van der Waals surface area contributed by atoms with Gasteiger partial charge in [0.25, 0.3) is 0 Å². The van der Waals surface area contributed by atoms with Crippen molar-refractivity contribution in [3.05, 3.63) is 16.0 Å². The van der Waals surface area contributed by atoms with E-state index in [0.29, 0.717) is 16.3 Å². The Kier molecular flexibility index (Phi) is 6.08. The summed E-state index contributed by atoms with van der Waals surface area (Å²) in [4.78, 5) is 25.1. The topological polar surface area (TPSA) is 75.6 Å². The molecule has 1 aliphatic carbocycles. The number of thioether (sulfide) groups is 1. The molecule has 1 heterocycles. The standard InChI is InChI=1S/C14H19NO4S2/c1-19-14(18)12-9-4-2-3-5-10(9)21-13(12)15-11(17)8-20-7-6-16/h16H,2-8H2,1H3,(H,15,17). The highest BCUT2D eigenvalue weighted by atomic mass is 32.2. The molecule has 7 heteroatoms. The van der Waals surface area contributed by atoms with E-state index in [9.17, 15) is 9.59 Å². The lowest BCUT2D eigenvalue weighted by Crippen LogP contribution is -2.17. The second-order valence-electron chi connectivity index (χ2n) is 4.73. The van der Waals surface area contributed by atoms with Gasteiger partial charge in [0.1, 0.15) is 5.00 Å². The fourth-order valence-electron chi connectivity index (χ4n) is 2.36. The largest absolute Gasteiger partial charge is 0.465 e. The van der Waals surface area contributed by atoms with Crippen molar-refractivity contribution in [1.29, 1.82) is 0 Å². The molecule has 2 rings (SSSR count). The molecule has 116 valence electrons. The number of anilines is 1. The number of rotatable bonds is 6. The highest BCUT2D eigenvalue weighted by Gasteiger charge is 2.26. The molecule has 0 radical (unpaired) electrons. The number of nitrogens with one attached hydrogen (secondary N) is 1. The number of thiophene rings is 1. The second kappa shape index (κ2) is 7.82. The van der Waals surface area contributed by atoms with Crippen LogP contribution in [0.25, 0.3) is 0 Å². The predicted molar refractivity (Wildman–Crippen MR) is 85.3 cm³/mol. The van der Waals surface area contributed by atoms with E-state index in [-0.39, 0.29) is 24.2 Å². The summed E-state index contributed by atoms with van der Waals surface area (Å²) < 4.78 is 4.86. The molecule has 0 unspecified atom stereocenters. The Labute approximate surface area is 132 Å². The van der Waals surface area contributed by atoms with Crippen LogP contribution in [0.3, 0.4) is 0 Å². The van der Waals surface area contributed by atoms with E-state index in [1.165, 1.54) is 35.1 Å². The molecule has 1 amide bonds. The number of aliphatic hydroxyl groups is 1. The lowest BCUT2D eigenvalue weighted by atomic mass is 9.95. The van der Waals surface area contributed by atoms with Crippen LogP contribution in [-0.2, 0) is 22.4 Å². The van der Waals surface area contributed by atoms with Gasteiger partial charge >= 0.3 is 5.97 Å². The van der Waals surface area contributed by atoms with Crippen LogP contribution >= 0.6 is 23.1 Å². The number of fused-ring (bicyclic) bond motifs is 1. The SMILES string of the molecule is COC(=O)c1c(NC(=O)CSCCO)sc2c1CCCC2. The third-order valence-corrected chi connectivity index (χ3v) is 5.43. The van der Waals surface area contributed by atoms with E-state index in [0.717, 1.165) is 31.2 Å². The number of amides is 1. The highest BCUT2D eigenvalue weighted by Crippen LogP contribution is 2.38. The number of hydrogen-bond acceptors (Lipinski definition) is 6. The Balaban J connectivity index is 2.16. The minimum Gasteiger partial charge on any atom is -0.465 e. The van der Waals surface area contributed by atoms with Crippen LogP contribution in [0.2, 0.25) is 0 Å². The quantitative estimate of drug-likeness (QED) is 0.617. The Morgan fingerprint density at radius 1 is 1.38 bits per heavy atom. The molecule has 2 N–H and O–H groups in total. The summed E-state index contributed by atoms with van der Waals surface area (Å²) in [6.45, 7) is 0.0542. The van der Waals surface area contributed by atoms with E-state index in [2.05, 4.69) is 5.32 Å². The van der Waals surface area contributed by atoms with Crippen LogP contribution in [0.1, 0.15) is 33.6 Å². The van der Waals surface area contributed by atoms with Crippen LogP contribution < -0.4 is 5.32 Å². The number of hydrogen-bond donors (Lipinski definition) is 2. The summed E-state index contributed by atoms with van der Waals surface area (Å²) in [5, 5.41) is 12.1. The van der Waals surface area contributed by atoms with Crippen molar-refractivity contribution < 1.29 is 19.4 Å². The third kappa shape index (κ3) is 3.99. The highest BCUT2D eigenvalue weighted by molar-refractivity contribution is 7.99. The van der Waals surface area contributed by atoms with Crippen LogP contribution in [-0.4, -0.2) is 42.2 Å². The van der Waals surface area contributed by atoms with E-state index < -0.39 is 0 Å². The van der Waals surface area contributed by atoms with Crippen LogP contribution in [0.4, 0.5) is 5.00 Å². The van der Waals surface area contributed by atoms with Gasteiger partial charge in [-0.1, -0.05) is 0 Å². The van der Waals surface area contributed by atoms with Crippen molar-refractivity contribution in [2.75, 3.05) is 30.5 Å². The first-order valence-corrected chi connectivity index (χ1v) is 8.85. The van der Waals surface area contributed by atoms with E-state index in [1.54, 1.807) is 0 Å². The van der Waals surface area contributed by atoms with Crippen LogP contribution in [0.5, 0.6) is 0 Å². The maximum Gasteiger partial charge on any atom is 0.341 e. The average Bonchev–Trinajstić information content (AvgIpc) is 2.84. The first kappa shape index (κ1) is 16.3. The molecule has 5 nitrogen and oxygen atoms in total. The molecule has 0 spiro atoms. The maximum absolute atomic E-state index is 12.0. The number of esters is 1. The lowest BCUT2D eigenvalue weighted by Gasteiger charge is -2.11. The van der Waals surface area contributed by atoms with Crippen molar-refractivity contribution in [2.45, 2.75) is 25.7 Å². The molecule has 0 saturated heterocycles. The number of methoxy groups -OCH3 is 1. The van der Waals surface area contributed by atoms with Crippen molar-refractivity contribution in [3.63, 3.8) is 0 Å². The second-order valence-corrected chi connectivity index (χ2v) is 6.94. The minimum absolute atomic E-state index is 0.0542. The number of aryl methyl sites for hydroxylation is 1. The summed E-state index contributed by atoms with van der Waals surface area (Å²) >= 11 is 2.84. The zero-order valence-electron chi connectivity index (χ0n) is 11.9. The molecule has 0 aliphatic heterocycles. The zero-order chi connectivity index (χ0) is 15.2. The summed E-state index contributed by atoms with van der Waals surface area (Å²) in [5.41, 5.74) is 1.56. The average molecular weight is 329 g/mol. The summed E-state index contributed by atoms with van der Waals surface area (Å²) in [7, 11) is 1.36. The van der Waals surface area contributed by atoms with Crippen molar-refractivity contribution >= 4 is 40.0 Å². The Hall–Kier alpha value is -1.05. The summed E-state index contributed by atoms with van der Waals surface area (Å²) in [6, 6.07) is 0. The molecular formula is C14H19NO4S2. The van der Waals surface area contributed by atoms with Gasteiger partial charge in [-0.2, -0.15) is 0 Å². The smallest absolute Gasteiger partial charge is 0.341 e. The Morgan fingerprint density at radius 3 is 2.86 bits per heavy atom. The van der Waals surface area contributed by atoms with Gasteiger partial charge in [-0.15, -0.1) is 23.1 Å². The van der Waals surface area contributed by atoms with E-state index in [4.69, 9.17) is 9.84 Å². The normalized spacial score (nSPS) is 13.6.